The van der Waals surface area contributed by atoms with E-state index in [9.17, 15) is 9.18 Å². The van der Waals surface area contributed by atoms with Gasteiger partial charge in [-0.05, 0) is 44.9 Å². The second kappa shape index (κ2) is 13.0. The maximum absolute atomic E-state index is 16.9. The van der Waals surface area contributed by atoms with Crippen LogP contribution in [0, 0.1) is 5.82 Å². The Kier molecular flexibility index (Phi) is 8.61. The predicted octanol–water partition coefficient (Wildman–Crippen LogP) is 5.13. The molecule has 0 bridgehead atoms. The smallest absolute Gasteiger partial charge is 0.319 e. The van der Waals surface area contributed by atoms with Gasteiger partial charge in [-0.1, -0.05) is 48.0 Å². The van der Waals surface area contributed by atoms with Gasteiger partial charge < -0.3 is 24.2 Å². The minimum Gasteiger partial charge on any atom is -0.461 e. The van der Waals surface area contributed by atoms with Crippen molar-refractivity contribution in [3.05, 3.63) is 65.6 Å². The van der Waals surface area contributed by atoms with Crippen molar-refractivity contribution in [1.82, 2.24) is 29.7 Å². The van der Waals surface area contributed by atoms with Crippen LogP contribution in [0.4, 0.5) is 14.6 Å². The first-order valence-electron chi connectivity index (χ1n) is 17.2. The van der Waals surface area contributed by atoms with E-state index in [1.165, 1.54) is 0 Å². The molecule has 0 saturated carbocycles. The van der Waals surface area contributed by atoms with E-state index in [0.717, 1.165) is 24.8 Å². The third-order valence-electron chi connectivity index (χ3n) is 10.7. The summed E-state index contributed by atoms with van der Waals surface area (Å²) >= 11 is 6.64. The fourth-order valence-corrected chi connectivity index (χ4v) is 8.48. The van der Waals surface area contributed by atoms with Crippen molar-refractivity contribution in [3.63, 3.8) is 0 Å². The van der Waals surface area contributed by atoms with Crippen molar-refractivity contribution in [2.75, 3.05) is 78.1 Å². The number of benzene rings is 2. The highest BCUT2D eigenvalue weighted by Gasteiger charge is 2.51. The largest absolute Gasteiger partial charge is 0.461 e. The molecule has 0 radical (unpaired) electrons. The first-order chi connectivity index (χ1) is 24.2. The van der Waals surface area contributed by atoms with Crippen molar-refractivity contribution >= 4 is 45.0 Å². The number of amides is 1. The number of piperazine rings is 1. The van der Waals surface area contributed by atoms with Crippen LogP contribution in [-0.2, 0) is 9.53 Å². The van der Waals surface area contributed by atoms with Crippen molar-refractivity contribution in [1.29, 1.82) is 0 Å². The van der Waals surface area contributed by atoms with Gasteiger partial charge in [-0.3, -0.25) is 14.7 Å². The fraction of sp³-hybridized carbons (Fsp3) is 0.459. The summed E-state index contributed by atoms with van der Waals surface area (Å²) in [6.07, 6.45) is 6.35. The molecule has 2 aromatic heterocycles. The molecule has 4 aromatic rings. The van der Waals surface area contributed by atoms with Gasteiger partial charge in [-0.25, -0.2) is 8.78 Å². The number of anilines is 1. The number of hydrogen-bond donors (Lipinski definition) is 0. The molecule has 4 saturated heterocycles. The summed E-state index contributed by atoms with van der Waals surface area (Å²) in [5.41, 5.74) is -0.259. The molecule has 50 heavy (non-hydrogen) atoms. The number of rotatable bonds is 8. The molecule has 4 aliphatic rings. The lowest BCUT2D eigenvalue weighted by Crippen LogP contribution is -2.72. The third kappa shape index (κ3) is 5.75. The molecule has 0 unspecified atom stereocenters. The van der Waals surface area contributed by atoms with Crippen molar-refractivity contribution in [2.24, 2.45) is 0 Å². The Balaban J connectivity index is 1.19. The number of hydrogen-bond acceptors (Lipinski definition) is 9. The third-order valence-corrected chi connectivity index (χ3v) is 11.0. The molecule has 13 heteroatoms. The normalized spacial score (nSPS) is 23.4. The number of aromatic nitrogens is 3. The Labute approximate surface area is 294 Å². The quantitative estimate of drug-likeness (QED) is 0.232. The number of fused-ring (bicyclic) bond motifs is 3. The van der Waals surface area contributed by atoms with Crippen LogP contribution in [0.15, 0.2) is 54.7 Å². The van der Waals surface area contributed by atoms with E-state index >= 15 is 4.39 Å². The molecule has 1 amide bonds. The Morgan fingerprint density at radius 1 is 1.16 bits per heavy atom. The van der Waals surface area contributed by atoms with E-state index in [1.54, 1.807) is 24.4 Å². The number of nitrogens with zero attached hydrogens (tertiary/aromatic N) is 7. The molecule has 4 aliphatic heterocycles. The molecule has 262 valence electrons. The molecule has 10 nitrogen and oxygen atoms in total. The molecular weight excluding hydrogens is 664 g/mol. The monoisotopic (exact) mass is 703 g/mol. The molecular formula is C37H40ClF2N7O3. The summed E-state index contributed by atoms with van der Waals surface area (Å²) in [6.45, 7) is 4.13. The van der Waals surface area contributed by atoms with Crippen molar-refractivity contribution in [3.8, 4) is 17.3 Å². The molecule has 2 aromatic carbocycles. The summed E-state index contributed by atoms with van der Waals surface area (Å²) in [6, 6.07) is 11.2. The topological polar surface area (TPSA) is 87.2 Å². The minimum absolute atomic E-state index is 0.0204. The molecule has 4 fully saturated rings. The molecule has 8 rings (SSSR count). The average Bonchev–Trinajstić information content (AvgIpc) is 3.61. The lowest BCUT2D eigenvalue weighted by Gasteiger charge is -2.55. The number of carbonyl (C=O) groups excluding carboxylic acids is 1. The van der Waals surface area contributed by atoms with Crippen LogP contribution in [0.5, 0.6) is 6.01 Å². The zero-order valence-corrected chi connectivity index (χ0v) is 29.0. The van der Waals surface area contributed by atoms with Gasteiger partial charge >= 0.3 is 6.01 Å². The van der Waals surface area contributed by atoms with E-state index in [0.29, 0.717) is 79.5 Å². The van der Waals surface area contributed by atoms with Gasteiger partial charge in [0.25, 0.3) is 0 Å². The van der Waals surface area contributed by atoms with Crippen LogP contribution < -0.4 is 9.64 Å². The maximum atomic E-state index is 16.9. The number of pyridine rings is 1. The standard InChI is InChI=1S/C37H40ClF2N7O3/c1-44(2)13-5-11-29(48)47-16-15-45(20-37(47)21-49-22-37)34-27-18-41-32(26-9-3-7-24-8-4-10-28(38)30(24)26)31(40)33(27)42-35(43-34)50-23-36-12-6-14-46(36)19-25(39)17-36/h3-5,7-11,18,25H,6,12-17,19-23H2,1-2H3/b11-5+/t25-,36+/m1/s1. The van der Waals surface area contributed by atoms with E-state index in [2.05, 4.69) is 19.8 Å². The SMILES string of the molecule is CN(C)C/C=C/C(=O)N1CCN(c2nc(OC[C@@]34CCCN3C[C@H](F)C4)nc3c(F)c(-c4cccc5cccc(Cl)c45)ncc23)CC12COC2. The Morgan fingerprint density at radius 3 is 2.76 bits per heavy atom. The van der Waals surface area contributed by atoms with Gasteiger partial charge in [0.15, 0.2) is 5.82 Å². The molecule has 1 spiro atoms. The summed E-state index contributed by atoms with van der Waals surface area (Å²) in [7, 11) is 3.90. The van der Waals surface area contributed by atoms with Crippen LogP contribution >= 0.6 is 11.6 Å². The van der Waals surface area contributed by atoms with Crippen LogP contribution in [0.1, 0.15) is 19.3 Å². The summed E-state index contributed by atoms with van der Waals surface area (Å²) < 4.78 is 43.5. The number of halogens is 3. The zero-order valence-electron chi connectivity index (χ0n) is 28.2. The second-order valence-electron chi connectivity index (χ2n) is 14.3. The first kappa shape index (κ1) is 33.2. The summed E-state index contributed by atoms with van der Waals surface area (Å²) in [4.78, 5) is 35.6. The number of carbonyl (C=O) groups is 1. The maximum Gasteiger partial charge on any atom is 0.319 e. The molecule has 0 N–H and O–H groups in total. The highest BCUT2D eigenvalue weighted by atomic mass is 35.5. The molecule has 2 atom stereocenters. The van der Waals surface area contributed by atoms with Crippen molar-refractivity contribution < 1.29 is 23.0 Å². The number of ether oxygens (including phenoxy) is 2. The van der Waals surface area contributed by atoms with Gasteiger partial charge in [0.1, 0.15) is 35.3 Å². The highest BCUT2D eigenvalue weighted by molar-refractivity contribution is 6.36. The Hall–Kier alpha value is -3.97. The Bertz CT molecular complexity index is 1990. The lowest BCUT2D eigenvalue weighted by atomic mass is 9.91. The Morgan fingerprint density at radius 2 is 1.98 bits per heavy atom. The van der Waals surface area contributed by atoms with E-state index < -0.39 is 23.1 Å². The predicted molar refractivity (Wildman–Crippen MR) is 189 cm³/mol. The highest BCUT2D eigenvalue weighted by Crippen LogP contribution is 2.42. The van der Waals surface area contributed by atoms with Crippen LogP contribution in [0.2, 0.25) is 5.02 Å². The lowest BCUT2D eigenvalue weighted by molar-refractivity contribution is -0.164. The summed E-state index contributed by atoms with van der Waals surface area (Å²) in [5.74, 6) is -0.216. The van der Waals surface area contributed by atoms with E-state index in [-0.39, 0.29) is 29.7 Å². The molecule has 0 aliphatic carbocycles. The second-order valence-corrected chi connectivity index (χ2v) is 14.7. The van der Waals surface area contributed by atoms with Gasteiger partial charge in [-0.15, -0.1) is 0 Å². The van der Waals surface area contributed by atoms with E-state index in [4.69, 9.17) is 26.1 Å². The first-order valence-corrected chi connectivity index (χ1v) is 17.6. The molecule has 6 heterocycles. The number of likely N-dealkylation sites (N-methyl/N-ethyl adjacent to an activating group) is 1. The van der Waals surface area contributed by atoms with Gasteiger partial charge in [0.2, 0.25) is 5.91 Å². The number of alkyl halides is 1. The van der Waals surface area contributed by atoms with E-state index in [1.807, 2.05) is 54.2 Å². The van der Waals surface area contributed by atoms with Gasteiger partial charge in [-0.2, -0.15) is 9.97 Å². The minimum atomic E-state index is -0.914. The van der Waals surface area contributed by atoms with Crippen molar-refractivity contribution in [2.45, 2.75) is 36.5 Å². The van der Waals surface area contributed by atoms with Crippen LogP contribution in [0.3, 0.4) is 0 Å². The van der Waals surface area contributed by atoms with Crippen LogP contribution in [0.25, 0.3) is 32.9 Å². The average molecular weight is 704 g/mol. The van der Waals surface area contributed by atoms with Crippen LogP contribution in [-0.4, -0.2) is 126 Å². The fourth-order valence-electron chi connectivity index (χ4n) is 8.20. The summed E-state index contributed by atoms with van der Waals surface area (Å²) in [5, 5.41) is 2.48. The zero-order chi connectivity index (χ0) is 34.6. The van der Waals surface area contributed by atoms with Gasteiger partial charge in [0.05, 0.1) is 24.1 Å². The van der Waals surface area contributed by atoms with Gasteiger partial charge in [0, 0.05) is 67.4 Å².